The van der Waals surface area contributed by atoms with Crippen LogP contribution in [0.2, 0.25) is 0 Å². The lowest BCUT2D eigenvalue weighted by Crippen LogP contribution is -2.36. The number of hydrogen-bond acceptors (Lipinski definition) is 6. The van der Waals surface area contributed by atoms with Crippen molar-refractivity contribution in [2.24, 2.45) is 0 Å². The minimum absolute atomic E-state index is 0.0195. The molecule has 0 aliphatic heterocycles. The quantitative estimate of drug-likeness (QED) is 0.620. The van der Waals surface area contributed by atoms with Crippen molar-refractivity contribution in [3.63, 3.8) is 0 Å². The van der Waals surface area contributed by atoms with Crippen LogP contribution >= 0.6 is 0 Å². The van der Waals surface area contributed by atoms with Gasteiger partial charge in [-0.15, -0.1) is 13.2 Å². The molecule has 2 N–H and O–H groups in total. The second-order valence-electron chi connectivity index (χ2n) is 6.58. The molecular formula is C17H17F4N5O2. The zero-order valence-corrected chi connectivity index (χ0v) is 15.0. The molecule has 0 bridgehead atoms. The molecule has 11 heteroatoms. The number of aryl methyl sites for hydroxylation is 1. The van der Waals surface area contributed by atoms with E-state index in [9.17, 15) is 22.7 Å². The molecule has 28 heavy (non-hydrogen) atoms. The highest BCUT2D eigenvalue weighted by Gasteiger charge is 2.31. The molecule has 2 aromatic heterocycles. The van der Waals surface area contributed by atoms with Gasteiger partial charge < -0.3 is 15.2 Å². The van der Waals surface area contributed by atoms with Crippen LogP contribution in [0, 0.1) is 12.7 Å². The van der Waals surface area contributed by atoms with Crippen LogP contribution in [0.3, 0.4) is 0 Å². The van der Waals surface area contributed by atoms with Crippen molar-refractivity contribution in [2.75, 3.05) is 11.9 Å². The molecule has 0 fully saturated rings. The van der Waals surface area contributed by atoms with Crippen LogP contribution in [0.15, 0.2) is 30.6 Å². The molecular weight excluding hydrogens is 382 g/mol. The number of aliphatic hydroxyl groups is 1. The van der Waals surface area contributed by atoms with Crippen LogP contribution < -0.4 is 10.1 Å². The average Bonchev–Trinajstić information content (AvgIpc) is 3.02. The summed E-state index contributed by atoms with van der Waals surface area (Å²) in [6, 6.07) is 4.50. The Morgan fingerprint density at radius 2 is 2.00 bits per heavy atom. The molecule has 0 aliphatic rings. The van der Waals surface area contributed by atoms with E-state index in [0.29, 0.717) is 23.4 Å². The third-order valence-electron chi connectivity index (χ3n) is 3.86. The molecule has 3 rings (SSSR count). The minimum Gasteiger partial charge on any atom is -0.406 e. The molecule has 7 nitrogen and oxygen atoms in total. The zero-order chi connectivity index (χ0) is 20.5. The third kappa shape index (κ3) is 4.85. The summed E-state index contributed by atoms with van der Waals surface area (Å²) in [6.45, 7) is 3.27. The van der Waals surface area contributed by atoms with Crippen LogP contribution in [-0.2, 0) is 6.42 Å². The topological polar surface area (TPSA) is 84.6 Å². The first-order valence-electron chi connectivity index (χ1n) is 8.20. The van der Waals surface area contributed by atoms with Crippen LogP contribution in [0.25, 0.3) is 5.78 Å². The molecule has 1 unspecified atom stereocenters. The second-order valence-corrected chi connectivity index (χ2v) is 6.58. The number of ether oxygens (including phenoxy) is 1. The zero-order valence-electron chi connectivity index (χ0n) is 15.0. The van der Waals surface area contributed by atoms with Gasteiger partial charge in [-0.3, -0.25) is 0 Å². The Labute approximate surface area is 157 Å². The van der Waals surface area contributed by atoms with Crippen LogP contribution in [0.1, 0.15) is 18.2 Å². The Bertz CT molecular complexity index is 987. The van der Waals surface area contributed by atoms with E-state index in [0.717, 1.165) is 12.1 Å². The van der Waals surface area contributed by atoms with Gasteiger partial charge in [-0.05, 0) is 25.5 Å². The maximum Gasteiger partial charge on any atom is 0.573 e. The predicted molar refractivity (Wildman–Crippen MR) is 91.4 cm³/mol. The summed E-state index contributed by atoms with van der Waals surface area (Å²) >= 11 is 0. The SMILES string of the molecule is Cc1cc(NCC(C)(O)Cc2ccc(OC(F)(F)F)cc2F)n2ncnc2n1. The van der Waals surface area contributed by atoms with Gasteiger partial charge in [0.1, 0.15) is 23.7 Å². The molecule has 1 atom stereocenters. The molecule has 0 saturated heterocycles. The number of nitrogens with zero attached hydrogens (tertiary/aromatic N) is 4. The highest BCUT2D eigenvalue weighted by atomic mass is 19.4. The van der Waals surface area contributed by atoms with Gasteiger partial charge in [0.15, 0.2) is 0 Å². The molecule has 150 valence electrons. The number of alkyl halides is 3. The van der Waals surface area contributed by atoms with Crippen LogP contribution in [0.5, 0.6) is 5.75 Å². The van der Waals surface area contributed by atoms with E-state index in [1.165, 1.54) is 17.8 Å². The number of anilines is 1. The van der Waals surface area contributed by atoms with E-state index in [4.69, 9.17) is 0 Å². The first-order valence-corrected chi connectivity index (χ1v) is 8.20. The Morgan fingerprint density at radius 1 is 1.25 bits per heavy atom. The fourth-order valence-corrected chi connectivity index (χ4v) is 2.68. The van der Waals surface area contributed by atoms with Crippen molar-refractivity contribution < 1.29 is 27.4 Å². The van der Waals surface area contributed by atoms with Gasteiger partial charge in [-0.2, -0.15) is 14.6 Å². The predicted octanol–water partition coefficient (Wildman–Crippen LogP) is 2.88. The van der Waals surface area contributed by atoms with Crippen molar-refractivity contribution in [3.05, 3.63) is 47.7 Å². The number of nitrogens with one attached hydrogen (secondary N) is 1. The summed E-state index contributed by atoms with van der Waals surface area (Å²) in [5, 5.41) is 17.6. The van der Waals surface area contributed by atoms with Gasteiger partial charge in [0.2, 0.25) is 0 Å². The van der Waals surface area contributed by atoms with Crippen LogP contribution in [0.4, 0.5) is 23.4 Å². The van der Waals surface area contributed by atoms with Crippen LogP contribution in [-0.4, -0.2) is 43.2 Å². The van der Waals surface area contributed by atoms with Crippen molar-refractivity contribution in [3.8, 4) is 5.75 Å². The van der Waals surface area contributed by atoms with Gasteiger partial charge in [0, 0.05) is 30.8 Å². The van der Waals surface area contributed by atoms with E-state index in [-0.39, 0.29) is 18.5 Å². The maximum atomic E-state index is 14.1. The van der Waals surface area contributed by atoms with Gasteiger partial charge >= 0.3 is 6.36 Å². The Hall–Kier alpha value is -2.95. The third-order valence-corrected chi connectivity index (χ3v) is 3.86. The smallest absolute Gasteiger partial charge is 0.406 e. The highest BCUT2D eigenvalue weighted by Crippen LogP contribution is 2.26. The standard InChI is InChI=1S/C17H17F4N5O2/c1-10-5-14(26-15(25-10)23-9-24-26)22-8-16(2,27)7-11-3-4-12(6-13(11)18)28-17(19,20)21/h3-6,9,22,27H,7-8H2,1-2H3. The normalized spacial score (nSPS) is 14.1. The molecule has 0 aliphatic carbocycles. The summed E-state index contributed by atoms with van der Waals surface area (Å²) in [6.07, 6.45) is -3.70. The fourth-order valence-electron chi connectivity index (χ4n) is 2.68. The first-order chi connectivity index (χ1) is 13.0. The van der Waals surface area contributed by atoms with E-state index >= 15 is 0 Å². The summed E-state index contributed by atoms with van der Waals surface area (Å²) < 4.78 is 55.9. The van der Waals surface area contributed by atoms with Crippen molar-refractivity contribution in [1.82, 2.24) is 19.6 Å². The summed E-state index contributed by atoms with van der Waals surface area (Å²) in [5.74, 6) is -0.643. The van der Waals surface area contributed by atoms with Gasteiger partial charge in [-0.25, -0.2) is 9.37 Å². The fraction of sp³-hybridized carbons (Fsp3) is 0.353. The maximum absolute atomic E-state index is 14.1. The second kappa shape index (κ2) is 7.23. The molecule has 3 aromatic rings. The molecule has 2 heterocycles. The number of rotatable bonds is 6. The number of aromatic nitrogens is 4. The largest absolute Gasteiger partial charge is 0.573 e. The molecule has 1 aromatic carbocycles. The summed E-state index contributed by atoms with van der Waals surface area (Å²) in [5.41, 5.74) is -0.663. The lowest BCUT2D eigenvalue weighted by molar-refractivity contribution is -0.274. The monoisotopic (exact) mass is 399 g/mol. The highest BCUT2D eigenvalue weighted by molar-refractivity contribution is 5.45. The summed E-state index contributed by atoms with van der Waals surface area (Å²) in [7, 11) is 0. The lowest BCUT2D eigenvalue weighted by Gasteiger charge is -2.25. The Morgan fingerprint density at radius 3 is 2.68 bits per heavy atom. The molecule has 0 saturated carbocycles. The van der Waals surface area contributed by atoms with Gasteiger partial charge in [0.25, 0.3) is 5.78 Å². The molecule has 0 radical (unpaired) electrons. The number of hydrogen-bond donors (Lipinski definition) is 2. The van der Waals surface area contributed by atoms with Gasteiger partial charge in [-0.1, -0.05) is 6.07 Å². The molecule has 0 amide bonds. The summed E-state index contributed by atoms with van der Waals surface area (Å²) in [4.78, 5) is 8.19. The Balaban J connectivity index is 1.70. The minimum atomic E-state index is -4.90. The first kappa shape index (κ1) is 19.8. The van der Waals surface area contributed by atoms with Crippen molar-refractivity contribution in [2.45, 2.75) is 32.2 Å². The number of halogens is 4. The van der Waals surface area contributed by atoms with E-state index in [1.54, 1.807) is 13.0 Å². The van der Waals surface area contributed by atoms with E-state index < -0.39 is 23.5 Å². The number of benzene rings is 1. The average molecular weight is 399 g/mol. The van der Waals surface area contributed by atoms with E-state index in [2.05, 4.69) is 25.1 Å². The van der Waals surface area contributed by atoms with Gasteiger partial charge in [0.05, 0.1) is 5.60 Å². The Kier molecular flexibility index (Phi) is 5.11. The van der Waals surface area contributed by atoms with Crippen molar-refractivity contribution in [1.29, 1.82) is 0 Å². The van der Waals surface area contributed by atoms with Crippen molar-refractivity contribution >= 4 is 11.6 Å². The van der Waals surface area contributed by atoms with E-state index in [1.807, 2.05) is 0 Å². The lowest BCUT2D eigenvalue weighted by atomic mass is 9.96. The number of fused-ring (bicyclic) bond motifs is 1. The molecule has 0 spiro atoms.